The second-order valence-electron chi connectivity index (χ2n) is 7.34. The van der Waals surface area contributed by atoms with Crippen LogP contribution in [-0.2, 0) is 0 Å². The molecule has 25 heavy (non-hydrogen) atoms. The van der Waals surface area contributed by atoms with E-state index in [0.717, 1.165) is 36.2 Å². The number of hydrogen-bond acceptors (Lipinski definition) is 5. The number of piperidine rings is 1. The lowest BCUT2D eigenvalue weighted by Crippen LogP contribution is -2.44. The first-order valence-electron chi connectivity index (χ1n) is 9.35. The SMILES string of the molecule is Nc1ccc2c(c1)nc(N1CCC(N3CCCC3)CC1)c1ccsc12. The smallest absolute Gasteiger partial charge is 0.138 e. The molecule has 130 valence electrons. The molecule has 2 aromatic heterocycles. The van der Waals surface area contributed by atoms with Crippen molar-refractivity contribution >= 4 is 43.8 Å². The molecule has 2 saturated heterocycles. The Balaban J connectivity index is 1.48. The number of likely N-dealkylation sites (tertiary alicyclic amines) is 1. The molecule has 4 heterocycles. The van der Waals surface area contributed by atoms with Crippen LogP contribution in [0.5, 0.6) is 0 Å². The summed E-state index contributed by atoms with van der Waals surface area (Å²) in [6.45, 7) is 4.81. The predicted molar refractivity (Wildman–Crippen MR) is 108 cm³/mol. The maximum absolute atomic E-state index is 6.00. The highest BCUT2D eigenvalue weighted by Gasteiger charge is 2.27. The molecule has 2 fully saturated rings. The second-order valence-corrected chi connectivity index (χ2v) is 8.25. The number of aromatic nitrogens is 1. The van der Waals surface area contributed by atoms with Crippen molar-refractivity contribution in [2.75, 3.05) is 36.8 Å². The van der Waals surface area contributed by atoms with E-state index in [1.165, 1.54) is 54.2 Å². The minimum atomic E-state index is 0.771. The molecule has 3 aromatic rings. The topological polar surface area (TPSA) is 45.4 Å². The molecule has 0 saturated carbocycles. The van der Waals surface area contributed by atoms with Crippen molar-refractivity contribution in [3.8, 4) is 0 Å². The first-order valence-corrected chi connectivity index (χ1v) is 10.2. The van der Waals surface area contributed by atoms with E-state index in [4.69, 9.17) is 10.7 Å². The molecule has 0 radical (unpaired) electrons. The number of nitrogens with zero attached hydrogens (tertiary/aromatic N) is 3. The number of nitrogens with two attached hydrogens (primary N) is 1. The maximum Gasteiger partial charge on any atom is 0.138 e. The van der Waals surface area contributed by atoms with Gasteiger partial charge < -0.3 is 15.5 Å². The summed E-state index contributed by atoms with van der Waals surface area (Å²) in [5, 5.41) is 4.69. The van der Waals surface area contributed by atoms with Crippen LogP contribution in [0.1, 0.15) is 25.7 Å². The van der Waals surface area contributed by atoms with E-state index < -0.39 is 0 Å². The van der Waals surface area contributed by atoms with Crippen LogP contribution in [0.4, 0.5) is 11.5 Å². The lowest BCUT2D eigenvalue weighted by Gasteiger charge is -2.37. The van der Waals surface area contributed by atoms with E-state index in [1.54, 1.807) is 11.3 Å². The number of thiophene rings is 1. The molecule has 0 amide bonds. The summed E-state index contributed by atoms with van der Waals surface area (Å²) in [7, 11) is 0. The summed E-state index contributed by atoms with van der Waals surface area (Å²) in [5.74, 6) is 1.15. The van der Waals surface area contributed by atoms with Crippen LogP contribution in [0.25, 0.3) is 21.0 Å². The van der Waals surface area contributed by atoms with E-state index in [1.807, 2.05) is 12.1 Å². The fraction of sp³-hybridized carbons (Fsp3) is 0.450. The van der Waals surface area contributed by atoms with Crippen molar-refractivity contribution in [3.63, 3.8) is 0 Å². The molecule has 5 heteroatoms. The Morgan fingerprint density at radius 3 is 2.60 bits per heavy atom. The van der Waals surface area contributed by atoms with Crippen molar-refractivity contribution in [2.45, 2.75) is 31.7 Å². The minimum absolute atomic E-state index is 0.771. The molecule has 0 atom stereocenters. The molecule has 2 aliphatic heterocycles. The molecule has 5 rings (SSSR count). The first-order chi connectivity index (χ1) is 12.3. The van der Waals surface area contributed by atoms with Gasteiger partial charge in [0.2, 0.25) is 0 Å². The van der Waals surface area contributed by atoms with Gasteiger partial charge in [0.25, 0.3) is 0 Å². The average molecular weight is 353 g/mol. The van der Waals surface area contributed by atoms with E-state index in [2.05, 4.69) is 27.3 Å². The third-order valence-corrected chi connectivity index (χ3v) is 6.77. The fourth-order valence-electron chi connectivity index (χ4n) is 4.49. The molecule has 0 unspecified atom stereocenters. The summed E-state index contributed by atoms with van der Waals surface area (Å²) in [6, 6.07) is 9.09. The Bertz CT molecular complexity index is 905. The highest BCUT2D eigenvalue weighted by atomic mass is 32.1. The number of nitrogen functional groups attached to an aromatic ring is 1. The first kappa shape index (κ1) is 15.4. The molecule has 1 aromatic carbocycles. The van der Waals surface area contributed by atoms with Crippen molar-refractivity contribution in [1.29, 1.82) is 0 Å². The van der Waals surface area contributed by atoms with Crippen molar-refractivity contribution in [1.82, 2.24) is 9.88 Å². The van der Waals surface area contributed by atoms with Gasteiger partial charge in [0.15, 0.2) is 0 Å². The third-order valence-electron chi connectivity index (χ3n) is 5.82. The van der Waals surface area contributed by atoms with Gasteiger partial charge in [0.1, 0.15) is 5.82 Å². The minimum Gasteiger partial charge on any atom is -0.399 e. The van der Waals surface area contributed by atoms with Gasteiger partial charge in [-0.25, -0.2) is 4.98 Å². The van der Waals surface area contributed by atoms with Crippen LogP contribution in [0.3, 0.4) is 0 Å². The number of pyridine rings is 1. The molecule has 0 spiro atoms. The zero-order valence-electron chi connectivity index (χ0n) is 14.4. The highest BCUT2D eigenvalue weighted by molar-refractivity contribution is 7.18. The number of benzene rings is 1. The highest BCUT2D eigenvalue weighted by Crippen LogP contribution is 2.37. The molecule has 0 bridgehead atoms. The Morgan fingerprint density at radius 1 is 1.00 bits per heavy atom. The largest absolute Gasteiger partial charge is 0.399 e. The van der Waals surface area contributed by atoms with Crippen LogP contribution < -0.4 is 10.6 Å². The Labute approximate surface area is 152 Å². The molecule has 2 N–H and O–H groups in total. The summed E-state index contributed by atoms with van der Waals surface area (Å²) in [6.07, 6.45) is 5.26. The number of anilines is 2. The van der Waals surface area contributed by atoms with Crippen molar-refractivity contribution in [2.24, 2.45) is 0 Å². The molecule has 4 nitrogen and oxygen atoms in total. The maximum atomic E-state index is 6.00. The zero-order valence-corrected chi connectivity index (χ0v) is 15.3. The molecular weight excluding hydrogens is 328 g/mol. The zero-order chi connectivity index (χ0) is 16.8. The molecule has 0 aliphatic carbocycles. The fourth-order valence-corrected chi connectivity index (χ4v) is 5.42. The Kier molecular flexibility index (Phi) is 3.79. The van der Waals surface area contributed by atoms with E-state index in [9.17, 15) is 0 Å². The van der Waals surface area contributed by atoms with Crippen LogP contribution in [-0.4, -0.2) is 42.1 Å². The Morgan fingerprint density at radius 2 is 1.80 bits per heavy atom. The molecule has 2 aliphatic rings. The second kappa shape index (κ2) is 6.15. The standard InChI is InChI=1S/C20H24N4S/c21-14-3-4-16-18(13-14)22-20(17-7-12-25-19(16)17)24-10-5-15(6-11-24)23-8-1-2-9-23/h3-4,7,12-13,15H,1-2,5-6,8-11,21H2. The van der Waals surface area contributed by atoms with Crippen LogP contribution in [0.15, 0.2) is 29.6 Å². The van der Waals surface area contributed by atoms with E-state index in [0.29, 0.717) is 0 Å². The number of fused-ring (bicyclic) bond motifs is 3. The lowest BCUT2D eigenvalue weighted by atomic mass is 10.0. The van der Waals surface area contributed by atoms with Gasteiger partial charge in [-0.2, -0.15) is 0 Å². The van der Waals surface area contributed by atoms with Crippen molar-refractivity contribution < 1.29 is 0 Å². The van der Waals surface area contributed by atoms with E-state index in [-0.39, 0.29) is 0 Å². The van der Waals surface area contributed by atoms with Crippen LogP contribution in [0.2, 0.25) is 0 Å². The van der Waals surface area contributed by atoms with E-state index >= 15 is 0 Å². The van der Waals surface area contributed by atoms with Crippen LogP contribution in [0, 0.1) is 0 Å². The quantitative estimate of drug-likeness (QED) is 0.706. The normalized spacial score (nSPS) is 20.1. The van der Waals surface area contributed by atoms with Crippen LogP contribution >= 0.6 is 11.3 Å². The average Bonchev–Trinajstić information content (AvgIpc) is 3.33. The Hall–Kier alpha value is -1.85. The molecular formula is C20H24N4S. The lowest BCUT2D eigenvalue weighted by molar-refractivity contribution is 0.208. The van der Waals surface area contributed by atoms with Gasteiger partial charge in [0, 0.05) is 40.3 Å². The summed E-state index contributed by atoms with van der Waals surface area (Å²) >= 11 is 1.81. The predicted octanol–water partition coefficient (Wildman–Crippen LogP) is 4.10. The van der Waals surface area contributed by atoms with Gasteiger partial charge in [-0.15, -0.1) is 11.3 Å². The van der Waals surface area contributed by atoms with Gasteiger partial charge >= 0.3 is 0 Å². The van der Waals surface area contributed by atoms with Gasteiger partial charge in [0.05, 0.1) is 5.52 Å². The third kappa shape index (κ3) is 2.66. The summed E-state index contributed by atoms with van der Waals surface area (Å²) in [4.78, 5) is 10.2. The summed E-state index contributed by atoms with van der Waals surface area (Å²) < 4.78 is 1.33. The van der Waals surface area contributed by atoms with Gasteiger partial charge in [-0.3, -0.25) is 0 Å². The van der Waals surface area contributed by atoms with Crippen molar-refractivity contribution in [3.05, 3.63) is 29.6 Å². The monoisotopic (exact) mass is 352 g/mol. The van der Waals surface area contributed by atoms with Gasteiger partial charge in [-0.05, 0) is 68.4 Å². The number of rotatable bonds is 2. The van der Waals surface area contributed by atoms with Gasteiger partial charge in [-0.1, -0.05) is 0 Å². The summed E-state index contributed by atoms with van der Waals surface area (Å²) in [5.41, 5.74) is 7.81. The number of hydrogen-bond donors (Lipinski definition) is 1.